The number of allylic oxidation sites excluding steroid dienone is 2. The molecule has 0 amide bonds. The Labute approximate surface area is 193 Å². The highest BCUT2D eigenvalue weighted by atomic mass is 16.3. The van der Waals surface area contributed by atoms with E-state index in [1.807, 2.05) is 0 Å². The smallest absolute Gasteiger partial charge is 0.0543 e. The molecule has 1 heteroatoms. The molecule has 31 heavy (non-hydrogen) atoms. The molecular weight excluding hydrogens is 376 g/mol. The Morgan fingerprint density at radius 2 is 1.65 bits per heavy atom. The normalized spacial score (nSPS) is 46.9. The summed E-state index contributed by atoms with van der Waals surface area (Å²) < 4.78 is 0. The van der Waals surface area contributed by atoms with E-state index in [0.29, 0.717) is 10.8 Å². The highest BCUT2D eigenvalue weighted by Crippen LogP contribution is 2.68. The summed E-state index contributed by atoms with van der Waals surface area (Å²) >= 11 is 0. The first-order valence-corrected chi connectivity index (χ1v) is 14.1. The fourth-order valence-corrected chi connectivity index (χ4v) is 9.69. The van der Waals surface area contributed by atoms with E-state index in [1.165, 1.54) is 70.6 Å². The molecule has 4 saturated carbocycles. The highest BCUT2D eigenvalue weighted by Gasteiger charge is 2.60. The fraction of sp³-hybridized carbons (Fsp3) is 0.933. The second kappa shape index (κ2) is 9.52. The molecule has 0 saturated heterocycles. The second-order valence-corrected chi connectivity index (χ2v) is 13.1. The molecule has 4 fully saturated rings. The van der Waals surface area contributed by atoms with Crippen LogP contribution in [0.2, 0.25) is 0 Å². The van der Waals surface area contributed by atoms with E-state index in [4.69, 9.17) is 0 Å². The summed E-state index contributed by atoms with van der Waals surface area (Å²) in [6.45, 7) is 12.5. The summed E-state index contributed by atoms with van der Waals surface area (Å²) in [5.41, 5.74) is 1.13. The average Bonchev–Trinajstić information content (AvgIpc) is 3.10. The van der Waals surface area contributed by atoms with Gasteiger partial charge in [0.15, 0.2) is 0 Å². The van der Waals surface area contributed by atoms with Crippen molar-refractivity contribution in [3.8, 4) is 0 Å². The van der Waals surface area contributed by atoms with Crippen molar-refractivity contribution in [2.45, 2.75) is 124 Å². The molecule has 4 aliphatic rings. The van der Waals surface area contributed by atoms with Gasteiger partial charge in [0.1, 0.15) is 0 Å². The second-order valence-electron chi connectivity index (χ2n) is 13.1. The van der Waals surface area contributed by atoms with Gasteiger partial charge in [-0.3, -0.25) is 0 Å². The summed E-state index contributed by atoms with van der Waals surface area (Å²) in [7, 11) is 0. The van der Waals surface area contributed by atoms with E-state index < -0.39 is 0 Å². The van der Waals surface area contributed by atoms with Crippen LogP contribution in [0.1, 0.15) is 118 Å². The van der Waals surface area contributed by atoms with E-state index in [2.05, 4.69) is 46.8 Å². The third kappa shape index (κ3) is 4.43. The van der Waals surface area contributed by atoms with Gasteiger partial charge in [-0.15, -0.1) is 0 Å². The van der Waals surface area contributed by atoms with E-state index in [9.17, 15) is 5.11 Å². The Kier molecular flexibility index (Phi) is 7.32. The summed E-state index contributed by atoms with van der Waals surface area (Å²) in [5, 5.41) is 10.3. The van der Waals surface area contributed by atoms with Crippen LogP contribution in [-0.2, 0) is 0 Å². The number of fused-ring (bicyclic) bond motifs is 5. The molecule has 0 radical (unpaired) electrons. The molecule has 4 rings (SSSR count). The van der Waals surface area contributed by atoms with Crippen molar-refractivity contribution in [1.82, 2.24) is 0 Å². The first-order valence-electron chi connectivity index (χ1n) is 14.1. The Morgan fingerprint density at radius 3 is 2.42 bits per heavy atom. The molecule has 0 aliphatic heterocycles. The van der Waals surface area contributed by atoms with E-state index in [1.54, 1.807) is 0 Å². The molecule has 178 valence electrons. The molecule has 3 unspecified atom stereocenters. The van der Waals surface area contributed by atoms with Crippen LogP contribution in [-0.4, -0.2) is 11.2 Å². The molecule has 0 aromatic heterocycles. The third-order valence-corrected chi connectivity index (χ3v) is 11.5. The van der Waals surface area contributed by atoms with Gasteiger partial charge < -0.3 is 5.11 Å². The van der Waals surface area contributed by atoms with Gasteiger partial charge in [-0.25, -0.2) is 0 Å². The SMILES string of the molecule is CC=CCC(C)CCC[C@@H](C)[C@H]1CC[C@H]2[C@@H]3CCC4CC(O)CC[C@]4(C)[C@H]3CC[C@]12C. The maximum Gasteiger partial charge on any atom is 0.0543 e. The van der Waals surface area contributed by atoms with Crippen LogP contribution < -0.4 is 0 Å². The van der Waals surface area contributed by atoms with E-state index >= 15 is 0 Å². The first kappa shape index (κ1) is 23.8. The highest BCUT2D eigenvalue weighted by molar-refractivity contribution is 5.09. The number of rotatable bonds is 7. The Hall–Kier alpha value is -0.300. The van der Waals surface area contributed by atoms with Crippen molar-refractivity contribution in [3.63, 3.8) is 0 Å². The lowest BCUT2D eigenvalue weighted by Crippen LogP contribution is -2.54. The van der Waals surface area contributed by atoms with Gasteiger partial charge in [0.05, 0.1) is 6.10 Å². The van der Waals surface area contributed by atoms with Crippen molar-refractivity contribution in [2.75, 3.05) is 0 Å². The topological polar surface area (TPSA) is 20.2 Å². The number of aliphatic hydroxyl groups excluding tert-OH is 1. The van der Waals surface area contributed by atoms with Crippen molar-refractivity contribution in [1.29, 1.82) is 0 Å². The molecule has 0 heterocycles. The van der Waals surface area contributed by atoms with Crippen LogP contribution in [0.4, 0.5) is 0 Å². The quantitative estimate of drug-likeness (QED) is 0.403. The lowest BCUT2D eigenvalue weighted by atomic mass is 9.44. The monoisotopic (exact) mass is 428 g/mol. The zero-order valence-electron chi connectivity index (χ0n) is 21.4. The summed E-state index contributed by atoms with van der Waals surface area (Å²) in [4.78, 5) is 0. The van der Waals surface area contributed by atoms with Crippen LogP contribution in [0.5, 0.6) is 0 Å². The van der Waals surface area contributed by atoms with Crippen LogP contribution in [0.25, 0.3) is 0 Å². The minimum absolute atomic E-state index is 0.0131. The van der Waals surface area contributed by atoms with Crippen LogP contribution in [0.15, 0.2) is 12.2 Å². The van der Waals surface area contributed by atoms with Crippen LogP contribution in [0.3, 0.4) is 0 Å². The molecule has 10 atom stereocenters. The third-order valence-electron chi connectivity index (χ3n) is 11.5. The number of aliphatic hydroxyl groups is 1. The number of hydrogen-bond acceptors (Lipinski definition) is 1. The van der Waals surface area contributed by atoms with Crippen molar-refractivity contribution in [3.05, 3.63) is 12.2 Å². The van der Waals surface area contributed by atoms with Crippen LogP contribution >= 0.6 is 0 Å². The molecular formula is C30H52O. The zero-order chi connectivity index (χ0) is 22.2. The fourth-order valence-electron chi connectivity index (χ4n) is 9.69. The molecule has 0 aromatic rings. The van der Waals surface area contributed by atoms with Crippen molar-refractivity contribution >= 4 is 0 Å². The predicted molar refractivity (Wildman–Crippen MR) is 133 cm³/mol. The molecule has 1 nitrogen and oxygen atoms in total. The van der Waals surface area contributed by atoms with Gasteiger partial charge in [-0.1, -0.05) is 59.1 Å². The summed E-state index contributed by atoms with van der Waals surface area (Å²) in [6.07, 6.45) is 22.3. The largest absolute Gasteiger partial charge is 0.393 e. The van der Waals surface area contributed by atoms with Gasteiger partial charge in [0, 0.05) is 0 Å². The van der Waals surface area contributed by atoms with E-state index in [0.717, 1.165) is 54.3 Å². The van der Waals surface area contributed by atoms with Crippen LogP contribution in [0, 0.1) is 52.3 Å². The van der Waals surface area contributed by atoms with Crippen molar-refractivity contribution < 1.29 is 5.11 Å². The summed E-state index contributed by atoms with van der Waals surface area (Å²) in [6, 6.07) is 0. The minimum Gasteiger partial charge on any atom is -0.393 e. The maximum absolute atomic E-state index is 10.3. The number of hydrogen-bond donors (Lipinski definition) is 1. The zero-order valence-corrected chi connectivity index (χ0v) is 21.4. The van der Waals surface area contributed by atoms with E-state index in [-0.39, 0.29) is 6.10 Å². The van der Waals surface area contributed by atoms with Crippen molar-refractivity contribution in [2.24, 2.45) is 52.3 Å². The maximum atomic E-state index is 10.3. The van der Waals surface area contributed by atoms with Gasteiger partial charge in [-0.05, 0) is 123 Å². The van der Waals surface area contributed by atoms with Gasteiger partial charge in [-0.2, -0.15) is 0 Å². The Balaban J connectivity index is 1.38. The van der Waals surface area contributed by atoms with Gasteiger partial charge in [0.25, 0.3) is 0 Å². The predicted octanol–water partition coefficient (Wildman–Crippen LogP) is 8.41. The van der Waals surface area contributed by atoms with Gasteiger partial charge in [0.2, 0.25) is 0 Å². The summed E-state index contributed by atoms with van der Waals surface area (Å²) in [5.74, 6) is 6.40. The molecule has 0 bridgehead atoms. The Bertz CT molecular complexity index is 624. The molecule has 4 aliphatic carbocycles. The lowest BCUT2D eigenvalue weighted by Gasteiger charge is -2.61. The molecule has 0 aromatic carbocycles. The Morgan fingerprint density at radius 1 is 0.903 bits per heavy atom. The lowest BCUT2D eigenvalue weighted by molar-refractivity contribution is -0.129. The molecule has 1 N–H and O–H groups in total. The molecule has 0 spiro atoms. The van der Waals surface area contributed by atoms with Gasteiger partial charge >= 0.3 is 0 Å². The standard InChI is InChI=1S/C30H52O/c1-6-7-9-21(2)10-8-11-22(3)26-14-15-27-25-13-12-23-20-24(31)16-18-29(23,4)28(25)17-19-30(26,27)5/h6-7,21-28,31H,8-20H2,1-5H3/t21?,22-,23?,24?,25+,26-,27+,28+,29+,30-/m1/s1. The minimum atomic E-state index is -0.0131. The first-order chi connectivity index (χ1) is 14.8. The average molecular weight is 429 g/mol.